The summed E-state index contributed by atoms with van der Waals surface area (Å²) < 4.78 is 0. The molecule has 0 saturated carbocycles. The van der Waals surface area contributed by atoms with Crippen molar-refractivity contribution in [2.75, 3.05) is 0 Å². The first-order valence-electron chi connectivity index (χ1n) is 7.67. The van der Waals surface area contributed by atoms with Gasteiger partial charge in [0.2, 0.25) is 0 Å². The first-order valence-corrected chi connectivity index (χ1v) is 8.43. The summed E-state index contributed by atoms with van der Waals surface area (Å²) in [6, 6.07) is 11.6. The Morgan fingerprint density at radius 2 is 1.91 bits per heavy atom. The van der Waals surface area contributed by atoms with Crippen LogP contribution in [0.5, 0.6) is 0 Å². The number of nitrogens with one attached hydrogen (secondary N) is 1. The summed E-state index contributed by atoms with van der Waals surface area (Å²) in [7, 11) is 0. The number of hydrogen-bond acceptors (Lipinski definition) is 2. The van der Waals surface area contributed by atoms with E-state index in [0.717, 1.165) is 19.3 Å². The molecule has 0 saturated heterocycles. The lowest BCUT2D eigenvalue weighted by Crippen LogP contribution is -2.34. The van der Waals surface area contributed by atoms with Gasteiger partial charge in [-0.15, -0.1) is 0 Å². The SMILES string of the molecule is CCC(CCc1cccc(C)c1)NC(=O)c1cc(Cl)nc(Cl)c1. The Bertz CT molecular complexity index is 668. The highest BCUT2D eigenvalue weighted by Gasteiger charge is 2.14. The second-order valence-corrected chi connectivity index (χ2v) is 6.38. The van der Waals surface area contributed by atoms with Gasteiger partial charge in [-0.05, 0) is 43.9 Å². The van der Waals surface area contributed by atoms with Crippen LogP contribution in [0.25, 0.3) is 0 Å². The molecule has 3 nitrogen and oxygen atoms in total. The molecule has 1 aromatic carbocycles. The van der Waals surface area contributed by atoms with Gasteiger partial charge in [0.25, 0.3) is 5.91 Å². The molecule has 1 atom stereocenters. The largest absolute Gasteiger partial charge is 0.349 e. The van der Waals surface area contributed by atoms with Gasteiger partial charge in [-0.1, -0.05) is 60.0 Å². The van der Waals surface area contributed by atoms with E-state index < -0.39 is 0 Å². The molecule has 122 valence electrons. The number of halogens is 2. The second-order valence-electron chi connectivity index (χ2n) is 5.61. The molecule has 23 heavy (non-hydrogen) atoms. The zero-order chi connectivity index (χ0) is 16.8. The number of pyridine rings is 1. The molecule has 1 heterocycles. The molecule has 0 spiro atoms. The lowest BCUT2D eigenvalue weighted by atomic mass is 10.0. The van der Waals surface area contributed by atoms with E-state index >= 15 is 0 Å². The zero-order valence-corrected chi connectivity index (χ0v) is 14.8. The van der Waals surface area contributed by atoms with Gasteiger partial charge in [0.15, 0.2) is 0 Å². The average molecular weight is 351 g/mol. The maximum atomic E-state index is 12.3. The van der Waals surface area contributed by atoms with Gasteiger partial charge in [0.1, 0.15) is 10.3 Å². The van der Waals surface area contributed by atoms with Crippen LogP contribution in [-0.2, 0) is 6.42 Å². The van der Waals surface area contributed by atoms with E-state index in [4.69, 9.17) is 23.2 Å². The van der Waals surface area contributed by atoms with Crippen LogP contribution in [0.3, 0.4) is 0 Å². The minimum Gasteiger partial charge on any atom is -0.349 e. The number of rotatable bonds is 6. The highest BCUT2D eigenvalue weighted by Crippen LogP contribution is 2.15. The summed E-state index contributed by atoms with van der Waals surface area (Å²) in [5.41, 5.74) is 2.97. The summed E-state index contributed by atoms with van der Waals surface area (Å²) >= 11 is 11.7. The van der Waals surface area contributed by atoms with Gasteiger partial charge in [0, 0.05) is 11.6 Å². The second kappa shape index (κ2) is 8.32. The first-order chi connectivity index (χ1) is 11.0. The zero-order valence-electron chi connectivity index (χ0n) is 13.3. The Morgan fingerprint density at radius 1 is 1.22 bits per heavy atom. The number of carbonyl (C=O) groups is 1. The van der Waals surface area contributed by atoms with Crippen molar-refractivity contribution in [1.82, 2.24) is 10.3 Å². The quantitative estimate of drug-likeness (QED) is 0.757. The van der Waals surface area contributed by atoms with Crippen LogP contribution in [0, 0.1) is 6.92 Å². The van der Waals surface area contributed by atoms with Crippen LogP contribution in [-0.4, -0.2) is 16.9 Å². The molecule has 0 aliphatic rings. The van der Waals surface area contributed by atoms with E-state index in [9.17, 15) is 4.79 Å². The summed E-state index contributed by atoms with van der Waals surface area (Å²) in [6.45, 7) is 4.15. The molecule has 0 aliphatic heterocycles. The molecule has 0 bridgehead atoms. The maximum absolute atomic E-state index is 12.3. The standard InChI is InChI=1S/C18H20Cl2N2O/c1-3-15(8-7-13-6-4-5-12(2)9-13)21-18(23)14-10-16(19)22-17(20)11-14/h4-6,9-11,15H,3,7-8H2,1-2H3,(H,21,23). The summed E-state index contributed by atoms with van der Waals surface area (Å²) in [6.07, 6.45) is 2.68. The van der Waals surface area contributed by atoms with Crippen molar-refractivity contribution < 1.29 is 4.79 Å². The van der Waals surface area contributed by atoms with Gasteiger partial charge >= 0.3 is 0 Å². The fraction of sp³-hybridized carbons (Fsp3) is 0.333. The third-order valence-electron chi connectivity index (χ3n) is 3.72. The number of benzene rings is 1. The number of carbonyl (C=O) groups excluding carboxylic acids is 1. The van der Waals surface area contributed by atoms with Crippen molar-refractivity contribution in [3.8, 4) is 0 Å². The molecule has 5 heteroatoms. The van der Waals surface area contributed by atoms with Crippen LogP contribution in [0.2, 0.25) is 10.3 Å². The third-order valence-corrected chi connectivity index (χ3v) is 4.10. The number of nitrogens with zero attached hydrogens (tertiary/aromatic N) is 1. The predicted molar refractivity (Wildman–Crippen MR) is 95.3 cm³/mol. The van der Waals surface area contributed by atoms with Crippen molar-refractivity contribution in [3.05, 3.63) is 63.4 Å². The van der Waals surface area contributed by atoms with Crippen LogP contribution < -0.4 is 5.32 Å². The molecule has 2 rings (SSSR count). The topological polar surface area (TPSA) is 42.0 Å². The Morgan fingerprint density at radius 3 is 2.52 bits per heavy atom. The maximum Gasteiger partial charge on any atom is 0.251 e. The van der Waals surface area contributed by atoms with Gasteiger partial charge in [-0.25, -0.2) is 4.98 Å². The van der Waals surface area contributed by atoms with Crippen LogP contribution in [0.1, 0.15) is 41.3 Å². The Balaban J connectivity index is 1.97. The number of hydrogen-bond donors (Lipinski definition) is 1. The Hall–Kier alpha value is -1.58. The van der Waals surface area contributed by atoms with Gasteiger partial charge in [0.05, 0.1) is 0 Å². The van der Waals surface area contributed by atoms with E-state index in [1.165, 1.54) is 23.3 Å². The molecule has 2 aromatic rings. The average Bonchev–Trinajstić information content (AvgIpc) is 2.50. The van der Waals surface area contributed by atoms with Crippen molar-refractivity contribution in [2.45, 2.75) is 39.2 Å². The molecule has 0 fully saturated rings. The van der Waals surface area contributed by atoms with Crippen molar-refractivity contribution in [3.63, 3.8) is 0 Å². The van der Waals surface area contributed by atoms with Gasteiger partial charge in [-0.3, -0.25) is 4.79 Å². The smallest absolute Gasteiger partial charge is 0.251 e. The predicted octanol–water partition coefficient (Wildman–Crippen LogP) is 4.84. The molecular formula is C18H20Cl2N2O. The number of amides is 1. The Labute approximate surface area is 147 Å². The van der Waals surface area contributed by atoms with Crippen LogP contribution in [0.4, 0.5) is 0 Å². The minimum atomic E-state index is -0.174. The van der Waals surface area contributed by atoms with Crippen molar-refractivity contribution >= 4 is 29.1 Å². The minimum absolute atomic E-state index is 0.105. The fourth-order valence-corrected chi connectivity index (χ4v) is 2.91. The fourth-order valence-electron chi connectivity index (χ4n) is 2.45. The van der Waals surface area contributed by atoms with E-state index in [-0.39, 0.29) is 22.3 Å². The van der Waals surface area contributed by atoms with Gasteiger partial charge < -0.3 is 5.32 Å². The normalized spacial score (nSPS) is 12.0. The molecule has 0 radical (unpaired) electrons. The van der Waals surface area contributed by atoms with E-state index in [1.807, 2.05) is 0 Å². The third kappa shape index (κ3) is 5.52. The van der Waals surface area contributed by atoms with Crippen molar-refractivity contribution in [1.29, 1.82) is 0 Å². The molecule has 1 N–H and O–H groups in total. The number of aromatic nitrogens is 1. The highest BCUT2D eigenvalue weighted by molar-refractivity contribution is 6.33. The van der Waals surface area contributed by atoms with E-state index in [1.54, 1.807) is 0 Å². The molecule has 0 aliphatic carbocycles. The summed E-state index contributed by atoms with van der Waals surface area (Å²) in [5.74, 6) is -0.174. The lowest BCUT2D eigenvalue weighted by molar-refractivity contribution is 0.0934. The number of aryl methyl sites for hydroxylation is 2. The van der Waals surface area contributed by atoms with Crippen molar-refractivity contribution in [2.24, 2.45) is 0 Å². The monoisotopic (exact) mass is 350 g/mol. The van der Waals surface area contributed by atoms with Crippen LogP contribution >= 0.6 is 23.2 Å². The van der Waals surface area contributed by atoms with Gasteiger partial charge in [-0.2, -0.15) is 0 Å². The lowest BCUT2D eigenvalue weighted by Gasteiger charge is -2.17. The molecule has 1 unspecified atom stereocenters. The summed E-state index contributed by atoms with van der Waals surface area (Å²) in [5, 5.41) is 3.47. The summed E-state index contributed by atoms with van der Waals surface area (Å²) in [4.78, 5) is 16.2. The van der Waals surface area contributed by atoms with Crippen LogP contribution in [0.15, 0.2) is 36.4 Å². The molecular weight excluding hydrogens is 331 g/mol. The highest BCUT2D eigenvalue weighted by atomic mass is 35.5. The van der Waals surface area contributed by atoms with E-state index in [2.05, 4.69) is 48.4 Å². The van der Waals surface area contributed by atoms with E-state index in [0.29, 0.717) is 5.56 Å². The first kappa shape index (κ1) is 17.8. The molecule has 1 amide bonds. The molecule has 1 aromatic heterocycles. The Kier molecular flexibility index (Phi) is 6.43.